The Bertz CT molecular complexity index is 1860. The van der Waals surface area contributed by atoms with Crippen molar-refractivity contribution in [2.75, 3.05) is 29.5 Å². The first-order valence-corrected chi connectivity index (χ1v) is 16.0. The Morgan fingerprint density at radius 2 is 1.48 bits per heavy atom. The van der Waals surface area contributed by atoms with Gasteiger partial charge in [-0.05, 0) is 71.5 Å². The number of amides is 4. The highest BCUT2D eigenvalue weighted by Crippen LogP contribution is 2.50. The van der Waals surface area contributed by atoms with Crippen LogP contribution in [0.5, 0.6) is 5.75 Å². The SMILES string of the molecule is C#CCOc1ccc(Br)cc1/C=C1\C(=O)NC(=O)N(c2cc3c4c(c2)[C@@H](c2ccccc2)CCN4CC[C@@H]3c2ccccc2)C1=O. The van der Waals surface area contributed by atoms with Crippen molar-refractivity contribution in [1.29, 1.82) is 0 Å². The number of ether oxygens (including phenoxy) is 1. The number of urea groups is 1. The summed E-state index contributed by atoms with van der Waals surface area (Å²) in [6.45, 7) is 1.85. The van der Waals surface area contributed by atoms with E-state index in [1.165, 1.54) is 22.9 Å². The molecule has 228 valence electrons. The molecule has 1 saturated heterocycles. The van der Waals surface area contributed by atoms with Gasteiger partial charge in [-0.1, -0.05) is 82.5 Å². The van der Waals surface area contributed by atoms with Crippen LogP contribution in [-0.2, 0) is 9.59 Å². The fourth-order valence-corrected chi connectivity index (χ4v) is 7.28. The van der Waals surface area contributed by atoms with Crippen LogP contribution >= 0.6 is 15.9 Å². The number of halogens is 1. The quantitative estimate of drug-likeness (QED) is 0.136. The van der Waals surface area contributed by atoms with Crippen molar-refractivity contribution in [1.82, 2.24) is 5.32 Å². The van der Waals surface area contributed by atoms with E-state index < -0.39 is 17.8 Å². The van der Waals surface area contributed by atoms with Gasteiger partial charge in [0.05, 0.1) is 5.69 Å². The van der Waals surface area contributed by atoms with Gasteiger partial charge in [0, 0.05) is 40.6 Å². The first-order chi connectivity index (χ1) is 22.4. The van der Waals surface area contributed by atoms with Gasteiger partial charge < -0.3 is 9.64 Å². The van der Waals surface area contributed by atoms with Crippen molar-refractivity contribution in [2.45, 2.75) is 24.7 Å². The molecule has 0 spiro atoms. The summed E-state index contributed by atoms with van der Waals surface area (Å²) >= 11 is 3.45. The highest BCUT2D eigenvalue weighted by molar-refractivity contribution is 9.10. The van der Waals surface area contributed by atoms with Gasteiger partial charge in [0.15, 0.2) is 0 Å². The van der Waals surface area contributed by atoms with Crippen LogP contribution in [0, 0.1) is 12.3 Å². The maximum Gasteiger partial charge on any atom is 0.335 e. The Morgan fingerprint density at radius 1 is 0.870 bits per heavy atom. The van der Waals surface area contributed by atoms with Gasteiger partial charge in [0.25, 0.3) is 11.8 Å². The van der Waals surface area contributed by atoms with Gasteiger partial charge in [-0.25, -0.2) is 9.69 Å². The van der Waals surface area contributed by atoms with Crippen molar-refractivity contribution in [2.24, 2.45) is 0 Å². The van der Waals surface area contributed by atoms with Crippen molar-refractivity contribution >= 4 is 51.2 Å². The van der Waals surface area contributed by atoms with Crippen LogP contribution < -0.4 is 19.9 Å². The molecule has 3 aliphatic heterocycles. The molecule has 4 aromatic carbocycles. The molecule has 0 bridgehead atoms. The Balaban J connectivity index is 1.38. The topological polar surface area (TPSA) is 79.0 Å². The van der Waals surface area contributed by atoms with Gasteiger partial charge >= 0.3 is 6.03 Å². The van der Waals surface area contributed by atoms with Crippen molar-refractivity contribution < 1.29 is 19.1 Å². The third-order valence-electron chi connectivity index (χ3n) is 8.94. The molecule has 7 rings (SSSR count). The van der Waals surface area contributed by atoms with E-state index in [4.69, 9.17) is 11.2 Å². The molecule has 4 amide bonds. The average Bonchev–Trinajstić information content (AvgIpc) is 3.07. The minimum Gasteiger partial charge on any atom is -0.480 e. The molecule has 8 heteroatoms. The average molecular weight is 673 g/mol. The van der Waals surface area contributed by atoms with Crippen LogP contribution in [0.25, 0.3) is 6.08 Å². The molecule has 2 atom stereocenters. The van der Waals surface area contributed by atoms with Crippen LogP contribution in [-0.4, -0.2) is 37.5 Å². The number of hydrogen-bond donors (Lipinski definition) is 1. The summed E-state index contributed by atoms with van der Waals surface area (Å²) in [5.74, 6) is 1.52. The molecular weight excluding hydrogens is 642 g/mol. The first kappa shape index (κ1) is 29.6. The molecule has 3 aliphatic rings. The highest BCUT2D eigenvalue weighted by Gasteiger charge is 2.40. The number of terminal acetylenes is 1. The van der Waals surface area contributed by atoms with E-state index in [-0.39, 0.29) is 24.0 Å². The lowest BCUT2D eigenvalue weighted by Crippen LogP contribution is -2.54. The lowest BCUT2D eigenvalue weighted by atomic mass is 9.76. The van der Waals surface area contributed by atoms with E-state index in [1.807, 2.05) is 48.5 Å². The highest BCUT2D eigenvalue weighted by atomic mass is 79.9. The summed E-state index contributed by atoms with van der Waals surface area (Å²) in [5, 5.41) is 2.40. The normalized spacial score (nSPS) is 19.8. The standard InChI is InChI=1S/C38H30BrN3O4/c1-2-19-46-34-14-13-27(39)20-26(34)21-33-36(43)40-38(45)42(37(33)44)28-22-31-29(24-9-5-3-6-10-24)15-17-41-18-16-30(32(23-28)35(31)41)25-11-7-4-8-12-25/h1,3-14,20-23,29-30H,15-19H2,(H,40,43,45)/b33-21+/t29-,30-/m1/s1. The third kappa shape index (κ3) is 5.37. The molecule has 1 N–H and O–H groups in total. The molecule has 7 nitrogen and oxygen atoms in total. The number of nitrogens with one attached hydrogen (secondary N) is 1. The summed E-state index contributed by atoms with van der Waals surface area (Å²) in [6.07, 6.45) is 8.65. The summed E-state index contributed by atoms with van der Waals surface area (Å²) in [6, 6.07) is 29.0. The molecule has 4 aromatic rings. The number of rotatable bonds is 6. The summed E-state index contributed by atoms with van der Waals surface area (Å²) < 4.78 is 6.40. The van der Waals surface area contributed by atoms with Crippen LogP contribution in [0.4, 0.5) is 16.2 Å². The summed E-state index contributed by atoms with van der Waals surface area (Å²) in [4.78, 5) is 44.4. The number of imide groups is 2. The second kappa shape index (κ2) is 12.3. The number of carbonyl (C=O) groups is 3. The van der Waals surface area contributed by atoms with Crippen LogP contribution in [0.1, 0.15) is 52.5 Å². The van der Waals surface area contributed by atoms with Crippen molar-refractivity contribution in [3.63, 3.8) is 0 Å². The Kier molecular flexibility index (Phi) is 7.93. The van der Waals surface area contributed by atoms with Crippen LogP contribution in [0.15, 0.2) is 101 Å². The molecule has 0 aromatic heterocycles. The lowest BCUT2D eigenvalue weighted by molar-refractivity contribution is -0.122. The number of barbiturate groups is 1. The molecule has 1 fully saturated rings. The fourth-order valence-electron chi connectivity index (χ4n) is 6.90. The van der Waals surface area contributed by atoms with E-state index in [9.17, 15) is 14.4 Å². The third-order valence-corrected chi connectivity index (χ3v) is 9.44. The zero-order valence-corrected chi connectivity index (χ0v) is 26.5. The number of nitrogens with zero attached hydrogens (tertiary/aromatic N) is 2. The monoisotopic (exact) mass is 671 g/mol. The van der Waals surface area contributed by atoms with Gasteiger partial charge in [-0.2, -0.15) is 0 Å². The fraction of sp³-hybridized carbons (Fsp3) is 0.184. The Morgan fingerprint density at radius 3 is 2.07 bits per heavy atom. The number of carbonyl (C=O) groups excluding carboxylic acids is 3. The zero-order chi connectivity index (χ0) is 31.8. The van der Waals surface area contributed by atoms with E-state index in [1.54, 1.807) is 18.2 Å². The minimum atomic E-state index is -0.784. The first-order valence-electron chi connectivity index (χ1n) is 15.2. The molecule has 0 radical (unpaired) electrons. The van der Waals surface area contributed by atoms with E-state index in [0.717, 1.165) is 46.4 Å². The van der Waals surface area contributed by atoms with Gasteiger partial charge in [-0.15, -0.1) is 6.42 Å². The second-order valence-electron chi connectivity index (χ2n) is 11.6. The van der Waals surface area contributed by atoms with Crippen molar-refractivity contribution in [3.05, 3.63) is 129 Å². The van der Waals surface area contributed by atoms with Crippen molar-refractivity contribution in [3.8, 4) is 18.1 Å². The number of hydrogen-bond acceptors (Lipinski definition) is 5. The van der Waals surface area contributed by atoms with Gasteiger partial charge in [-0.3, -0.25) is 14.9 Å². The maximum atomic E-state index is 14.2. The molecule has 0 saturated carbocycles. The van der Waals surface area contributed by atoms with Gasteiger partial charge in [0.2, 0.25) is 0 Å². The summed E-state index contributed by atoms with van der Waals surface area (Å²) in [5.41, 5.74) is 6.40. The summed E-state index contributed by atoms with van der Waals surface area (Å²) in [7, 11) is 0. The van der Waals surface area contributed by atoms with E-state index in [2.05, 4.69) is 56.3 Å². The number of benzene rings is 4. The Labute approximate surface area is 276 Å². The van der Waals surface area contributed by atoms with Crippen LogP contribution in [0.3, 0.4) is 0 Å². The molecular formula is C38H30BrN3O4. The second-order valence-corrected chi connectivity index (χ2v) is 12.5. The largest absolute Gasteiger partial charge is 0.480 e. The van der Waals surface area contributed by atoms with E-state index >= 15 is 0 Å². The van der Waals surface area contributed by atoms with Gasteiger partial charge in [0.1, 0.15) is 17.9 Å². The molecule has 3 heterocycles. The zero-order valence-electron chi connectivity index (χ0n) is 24.9. The predicted molar refractivity (Wildman–Crippen MR) is 182 cm³/mol. The lowest BCUT2D eigenvalue weighted by Gasteiger charge is -2.44. The smallest absolute Gasteiger partial charge is 0.335 e. The predicted octanol–water partition coefficient (Wildman–Crippen LogP) is 7.01. The maximum absolute atomic E-state index is 14.2. The molecule has 0 unspecified atom stereocenters. The Hall–Kier alpha value is -5.13. The molecule has 46 heavy (non-hydrogen) atoms. The van der Waals surface area contributed by atoms with Crippen LogP contribution in [0.2, 0.25) is 0 Å². The molecule has 0 aliphatic carbocycles. The van der Waals surface area contributed by atoms with E-state index in [0.29, 0.717) is 17.0 Å². The number of anilines is 2. The minimum absolute atomic E-state index is 0.0165.